The number of carbonyl (C=O) groups excluding carboxylic acids is 1. The molecule has 0 radical (unpaired) electrons. The summed E-state index contributed by atoms with van der Waals surface area (Å²) in [6.45, 7) is 2.45. The smallest absolute Gasteiger partial charge is 0.261 e. The molecule has 5 nitrogen and oxygen atoms in total. The number of nitrogens with one attached hydrogen (secondary N) is 1. The largest absolute Gasteiger partial charge is 0.484 e. The Morgan fingerprint density at radius 1 is 1.33 bits per heavy atom. The minimum absolute atomic E-state index is 0.00745. The topological polar surface area (TPSA) is 72.5 Å². The molecule has 7 heteroatoms. The number of amides is 1. The van der Waals surface area contributed by atoms with E-state index < -0.39 is 9.05 Å². The zero-order valence-corrected chi connectivity index (χ0v) is 11.4. The average Bonchev–Trinajstić information content (AvgIpc) is 2.33. The molecular weight excluding hydrogens is 278 g/mol. The average molecular weight is 292 g/mol. The van der Waals surface area contributed by atoms with Gasteiger partial charge in [-0.2, -0.15) is 0 Å². The van der Waals surface area contributed by atoms with Crippen LogP contribution in [0.25, 0.3) is 0 Å². The second kappa shape index (κ2) is 6.61. The summed E-state index contributed by atoms with van der Waals surface area (Å²) in [7, 11) is 1.44. The van der Waals surface area contributed by atoms with Crippen LogP contribution in [-0.2, 0) is 13.8 Å². The molecule has 0 aromatic heterocycles. The van der Waals surface area contributed by atoms with Gasteiger partial charge in [0.25, 0.3) is 15.0 Å². The van der Waals surface area contributed by atoms with E-state index >= 15 is 0 Å². The lowest BCUT2D eigenvalue weighted by Crippen LogP contribution is -2.29. The molecule has 1 N–H and O–H groups in total. The molecule has 0 fully saturated rings. The normalized spacial score (nSPS) is 11.0. The van der Waals surface area contributed by atoms with Crippen molar-refractivity contribution in [3.8, 4) is 5.75 Å². The summed E-state index contributed by atoms with van der Waals surface area (Å²) in [5.74, 6) is 0.191. The van der Waals surface area contributed by atoms with Crippen LogP contribution in [0.2, 0.25) is 0 Å². The second-order valence-corrected chi connectivity index (χ2v) is 6.11. The molecule has 1 aromatic carbocycles. The Labute approximate surface area is 111 Å². The molecule has 0 bridgehead atoms. The van der Waals surface area contributed by atoms with E-state index in [0.717, 1.165) is 6.42 Å². The lowest BCUT2D eigenvalue weighted by molar-refractivity contribution is -0.123. The lowest BCUT2D eigenvalue weighted by Gasteiger charge is -2.06. The quantitative estimate of drug-likeness (QED) is 0.807. The molecule has 0 spiro atoms. The molecule has 0 heterocycles. The van der Waals surface area contributed by atoms with Crippen molar-refractivity contribution < 1.29 is 17.9 Å². The third kappa shape index (κ3) is 4.93. The number of hydrogen-bond donors (Lipinski definition) is 1. The molecule has 0 aliphatic rings. The van der Waals surface area contributed by atoms with E-state index in [0.29, 0.717) is 12.3 Å². The van der Waals surface area contributed by atoms with Gasteiger partial charge < -0.3 is 10.1 Å². The van der Waals surface area contributed by atoms with Gasteiger partial charge >= 0.3 is 0 Å². The number of hydrogen-bond acceptors (Lipinski definition) is 4. The van der Waals surface area contributed by atoms with Gasteiger partial charge in [-0.3, -0.25) is 4.79 Å². The molecule has 1 amide bonds. The Kier molecular flexibility index (Phi) is 5.43. The first-order valence-electron chi connectivity index (χ1n) is 5.37. The Bertz CT molecular complexity index is 498. The molecule has 0 aliphatic carbocycles. The fourth-order valence-electron chi connectivity index (χ4n) is 1.16. The van der Waals surface area contributed by atoms with Crippen molar-refractivity contribution in [1.82, 2.24) is 5.32 Å². The van der Waals surface area contributed by atoms with Crippen molar-refractivity contribution in [1.29, 1.82) is 0 Å². The SMILES string of the molecule is CCCNC(=O)COc1ccc(S(=O)(=O)Cl)cc1. The standard InChI is InChI=1S/C11H14ClNO4S/c1-2-7-13-11(14)8-17-9-3-5-10(6-4-9)18(12,15)16/h3-6H,2,7-8H2,1H3,(H,13,14). The molecule has 0 saturated carbocycles. The minimum atomic E-state index is -3.73. The predicted octanol–water partition coefficient (Wildman–Crippen LogP) is 1.52. The van der Waals surface area contributed by atoms with Crippen LogP contribution in [0.5, 0.6) is 5.75 Å². The minimum Gasteiger partial charge on any atom is -0.484 e. The zero-order chi connectivity index (χ0) is 13.6. The summed E-state index contributed by atoms with van der Waals surface area (Å²) in [5, 5.41) is 2.66. The highest BCUT2D eigenvalue weighted by Gasteiger charge is 2.09. The van der Waals surface area contributed by atoms with Crippen LogP contribution in [0.1, 0.15) is 13.3 Å². The van der Waals surface area contributed by atoms with E-state index in [9.17, 15) is 13.2 Å². The van der Waals surface area contributed by atoms with E-state index in [1.807, 2.05) is 6.92 Å². The highest BCUT2D eigenvalue weighted by Crippen LogP contribution is 2.18. The van der Waals surface area contributed by atoms with Gasteiger partial charge in [-0.15, -0.1) is 0 Å². The molecule has 0 unspecified atom stereocenters. The maximum atomic E-state index is 11.2. The number of carbonyl (C=O) groups is 1. The van der Waals surface area contributed by atoms with E-state index in [-0.39, 0.29) is 17.4 Å². The first-order chi connectivity index (χ1) is 8.43. The molecule has 0 aliphatic heterocycles. The third-order valence-electron chi connectivity index (χ3n) is 2.05. The Morgan fingerprint density at radius 3 is 2.44 bits per heavy atom. The van der Waals surface area contributed by atoms with Gasteiger partial charge in [-0.25, -0.2) is 8.42 Å². The third-order valence-corrected chi connectivity index (χ3v) is 3.42. The first kappa shape index (κ1) is 14.8. The van der Waals surface area contributed by atoms with Gasteiger partial charge in [0.15, 0.2) is 6.61 Å². The van der Waals surface area contributed by atoms with E-state index in [1.165, 1.54) is 24.3 Å². The highest BCUT2D eigenvalue weighted by atomic mass is 35.7. The zero-order valence-electron chi connectivity index (χ0n) is 9.85. The molecule has 18 heavy (non-hydrogen) atoms. The summed E-state index contributed by atoms with van der Waals surface area (Å²) in [6.07, 6.45) is 0.855. The highest BCUT2D eigenvalue weighted by molar-refractivity contribution is 8.13. The van der Waals surface area contributed by atoms with Crippen LogP contribution >= 0.6 is 10.7 Å². The van der Waals surface area contributed by atoms with Gasteiger partial charge in [0.1, 0.15) is 5.75 Å². The fourth-order valence-corrected chi connectivity index (χ4v) is 1.93. The molecule has 1 aromatic rings. The summed E-state index contributed by atoms with van der Waals surface area (Å²) in [6, 6.07) is 5.54. The van der Waals surface area contributed by atoms with E-state index in [2.05, 4.69) is 5.32 Å². The van der Waals surface area contributed by atoms with Gasteiger partial charge in [0.2, 0.25) is 0 Å². The summed E-state index contributed by atoms with van der Waals surface area (Å²) < 4.78 is 27.2. The van der Waals surface area contributed by atoms with Crippen molar-refractivity contribution >= 4 is 25.6 Å². The molecule has 0 atom stereocenters. The number of benzene rings is 1. The van der Waals surface area contributed by atoms with Gasteiger partial charge in [0.05, 0.1) is 4.90 Å². The van der Waals surface area contributed by atoms with Crippen molar-refractivity contribution in [2.24, 2.45) is 0 Å². The monoisotopic (exact) mass is 291 g/mol. The van der Waals surface area contributed by atoms with E-state index in [1.54, 1.807) is 0 Å². The summed E-state index contributed by atoms with van der Waals surface area (Å²) in [4.78, 5) is 11.2. The van der Waals surface area contributed by atoms with Crippen molar-refractivity contribution in [2.75, 3.05) is 13.2 Å². The van der Waals surface area contributed by atoms with Crippen LogP contribution in [0.3, 0.4) is 0 Å². The van der Waals surface area contributed by atoms with Crippen molar-refractivity contribution in [3.05, 3.63) is 24.3 Å². The van der Waals surface area contributed by atoms with E-state index in [4.69, 9.17) is 15.4 Å². The van der Waals surface area contributed by atoms with Crippen LogP contribution in [0.15, 0.2) is 29.2 Å². The maximum absolute atomic E-state index is 11.2. The van der Waals surface area contributed by atoms with Crippen LogP contribution in [0, 0.1) is 0 Å². The second-order valence-electron chi connectivity index (χ2n) is 3.55. The van der Waals surface area contributed by atoms with Crippen molar-refractivity contribution in [3.63, 3.8) is 0 Å². The van der Waals surface area contributed by atoms with Crippen LogP contribution in [-0.4, -0.2) is 27.5 Å². The molecule has 1 rings (SSSR count). The molecule has 100 valence electrons. The summed E-state index contributed by atoms with van der Waals surface area (Å²) in [5.41, 5.74) is 0. The first-order valence-corrected chi connectivity index (χ1v) is 7.68. The Morgan fingerprint density at radius 2 is 1.94 bits per heavy atom. The maximum Gasteiger partial charge on any atom is 0.261 e. The van der Waals surface area contributed by atoms with Crippen LogP contribution < -0.4 is 10.1 Å². The molecular formula is C11H14ClNO4S. The Balaban J connectivity index is 2.52. The Hall–Kier alpha value is -1.27. The fraction of sp³-hybridized carbons (Fsp3) is 0.364. The van der Waals surface area contributed by atoms with Crippen LogP contribution in [0.4, 0.5) is 0 Å². The number of ether oxygens (including phenoxy) is 1. The summed E-state index contributed by atoms with van der Waals surface area (Å²) >= 11 is 0. The van der Waals surface area contributed by atoms with Crippen molar-refractivity contribution in [2.45, 2.75) is 18.2 Å². The van der Waals surface area contributed by atoms with Gasteiger partial charge in [0, 0.05) is 17.2 Å². The number of rotatable bonds is 6. The van der Waals surface area contributed by atoms with Gasteiger partial charge in [-0.1, -0.05) is 6.92 Å². The van der Waals surface area contributed by atoms with Gasteiger partial charge in [-0.05, 0) is 30.7 Å². The predicted molar refractivity (Wildman–Crippen MR) is 68.3 cm³/mol. The lowest BCUT2D eigenvalue weighted by atomic mass is 10.3. The molecule has 0 saturated heterocycles. The number of halogens is 1.